The molecule has 2 saturated heterocycles. The predicted molar refractivity (Wildman–Crippen MR) is 138 cm³/mol. The van der Waals surface area contributed by atoms with E-state index in [-0.39, 0.29) is 6.04 Å². The van der Waals surface area contributed by atoms with Gasteiger partial charge < -0.3 is 9.80 Å². The van der Waals surface area contributed by atoms with E-state index in [1.165, 1.54) is 43.6 Å². The van der Waals surface area contributed by atoms with Crippen LogP contribution in [-0.2, 0) is 17.6 Å². The Morgan fingerprint density at radius 1 is 1.12 bits per heavy atom. The van der Waals surface area contributed by atoms with Crippen LogP contribution in [0.1, 0.15) is 94.3 Å². The number of amides is 1. The number of piperidine rings is 1. The van der Waals surface area contributed by atoms with Crippen LogP contribution in [0.25, 0.3) is 5.69 Å². The summed E-state index contributed by atoms with van der Waals surface area (Å²) < 4.78 is 2.12. The van der Waals surface area contributed by atoms with Gasteiger partial charge in [-0.2, -0.15) is 5.10 Å². The summed E-state index contributed by atoms with van der Waals surface area (Å²) in [4.78, 5) is 16.8. The molecule has 1 unspecified atom stereocenters. The fraction of sp³-hybridized carbons (Fsp3) is 0.586. The first kappa shape index (κ1) is 24.5. The largest absolute Gasteiger partial charge is 0.338 e. The molecular weight excluding hydrogens is 420 g/mol. The van der Waals surface area contributed by atoms with E-state index in [0.717, 1.165) is 68.4 Å². The Morgan fingerprint density at radius 2 is 1.94 bits per heavy atom. The SMILES string of the molecule is CCCCC#Cc1cccc(-n2nc(CC)c([C@H]3CC(N4CCCC4)CCN3C=O)c2CC)c1. The third kappa shape index (κ3) is 5.23. The summed E-state index contributed by atoms with van der Waals surface area (Å²) in [6.07, 6.45) is 10.7. The molecule has 2 aliphatic rings. The van der Waals surface area contributed by atoms with Crippen molar-refractivity contribution in [3.63, 3.8) is 0 Å². The molecule has 0 N–H and O–H groups in total. The van der Waals surface area contributed by atoms with Crippen LogP contribution < -0.4 is 0 Å². The molecule has 0 saturated carbocycles. The van der Waals surface area contributed by atoms with E-state index < -0.39 is 0 Å². The van der Waals surface area contributed by atoms with Crippen LogP contribution in [0.5, 0.6) is 0 Å². The molecule has 1 aromatic heterocycles. The number of aromatic nitrogens is 2. The van der Waals surface area contributed by atoms with Gasteiger partial charge in [0.1, 0.15) is 0 Å². The number of aryl methyl sites for hydroxylation is 1. The summed E-state index contributed by atoms with van der Waals surface area (Å²) >= 11 is 0. The number of benzene rings is 1. The lowest BCUT2D eigenvalue weighted by atomic mass is 9.89. The third-order valence-corrected chi connectivity index (χ3v) is 7.49. The Morgan fingerprint density at radius 3 is 2.65 bits per heavy atom. The summed E-state index contributed by atoms with van der Waals surface area (Å²) in [5.41, 5.74) is 5.72. The zero-order valence-corrected chi connectivity index (χ0v) is 21.2. The van der Waals surface area contributed by atoms with Gasteiger partial charge in [0.15, 0.2) is 0 Å². The van der Waals surface area contributed by atoms with E-state index in [4.69, 9.17) is 5.10 Å². The van der Waals surface area contributed by atoms with Crippen molar-refractivity contribution in [1.29, 1.82) is 0 Å². The molecule has 2 atom stereocenters. The first-order valence-electron chi connectivity index (χ1n) is 13.3. The normalized spacial score (nSPS) is 20.9. The lowest BCUT2D eigenvalue weighted by Gasteiger charge is -2.41. The van der Waals surface area contributed by atoms with Crippen molar-refractivity contribution in [2.45, 2.75) is 90.6 Å². The molecular formula is C29H40N4O. The van der Waals surface area contributed by atoms with Gasteiger partial charge in [0.25, 0.3) is 0 Å². The van der Waals surface area contributed by atoms with Crippen molar-refractivity contribution < 1.29 is 4.79 Å². The molecule has 0 radical (unpaired) electrons. The highest BCUT2D eigenvalue weighted by Crippen LogP contribution is 2.38. The lowest BCUT2D eigenvalue weighted by Crippen LogP contribution is -2.45. The van der Waals surface area contributed by atoms with Gasteiger partial charge in [-0.1, -0.05) is 45.1 Å². The molecule has 34 heavy (non-hydrogen) atoms. The predicted octanol–water partition coefficient (Wildman–Crippen LogP) is 5.30. The Kier molecular flexibility index (Phi) is 8.45. The van der Waals surface area contributed by atoms with Gasteiger partial charge in [0.05, 0.1) is 17.4 Å². The molecule has 2 fully saturated rings. The second kappa shape index (κ2) is 11.7. The van der Waals surface area contributed by atoms with Gasteiger partial charge in [-0.25, -0.2) is 4.68 Å². The highest BCUT2D eigenvalue weighted by atomic mass is 16.1. The van der Waals surface area contributed by atoms with E-state index in [1.807, 2.05) is 4.90 Å². The topological polar surface area (TPSA) is 41.4 Å². The van der Waals surface area contributed by atoms with Crippen LogP contribution in [0.3, 0.4) is 0 Å². The molecule has 2 aromatic rings. The number of carbonyl (C=O) groups is 1. The van der Waals surface area contributed by atoms with Gasteiger partial charge in [0.2, 0.25) is 6.41 Å². The number of nitrogens with zero attached hydrogens (tertiary/aromatic N) is 4. The molecule has 2 aliphatic heterocycles. The Hall–Kier alpha value is -2.58. The van der Waals surface area contributed by atoms with E-state index in [0.29, 0.717) is 6.04 Å². The standard InChI is InChI=1S/C29H40N4O/c1-4-7-8-9-13-23-14-12-15-25(20-23)33-27(6-3)29(26(5-2)30-33)28-21-24(16-19-32(28)22-34)31-17-10-11-18-31/h12,14-15,20,22,24,28H,4-8,10-11,16-19,21H2,1-3H3/t24?,28-/m1/s1. The van der Waals surface area contributed by atoms with Crippen LogP contribution in [0, 0.1) is 11.8 Å². The van der Waals surface area contributed by atoms with Crippen molar-refractivity contribution in [3.05, 3.63) is 46.8 Å². The first-order valence-corrected chi connectivity index (χ1v) is 13.3. The molecule has 5 heteroatoms. The van der Waals surface area contributed by atoms with Gasteiger partial charge in [-0.05, 0) is 76.2 Å². The van der Waals surface area contributed by atoms with Crippen molar-refractivity contribution >= 4 is 6.41 Å². The molecule has 0 bridgehead atoms. The monoisotopic (exact) mass is 460 g/mol. The Bertz CT molecular complexity index is 1020. The molecule has 0 aliphatic carbocycles. The van der Waals surface area contributed by atoms with E-state index >= 15 is 0 Å². The molecule has 4 rings (SSSR count). The van der Waals surface area contributed by atoms with Crippen LogP contribution in [0.15, 0.2) is 24.3 Å². The van der Waals surface area contributed by atoms with Crippen LogP contribution in [0.2, 0.25) is 0 Å². The zero-order valence-electron chi connectivity index (χ0n) is 21.2. The summed E-state index contributed by atoms with van der Waals surface area (Å²) in [5.74, 6) is 6.63. The fourth-order valence-corrected chi connectivity index (χ4v) is 5.67. The first-order chi connectivity index (χ1) is 16.7. The Labute approximate surface area is 205 Å². The zero-order chi connectivity index (χ0) is 23.9. The lowest BCUT2D eigenvalue weighted by molar-refractivity contribution is -0.122. The number of rotatable bonds is 8. The highest BCUT2D eigenvalue weighted by molar-refractivity contribution is 5.51. The van der Waals surface area contributed by atoms with Crippen LogP contribution in [0.4, 0.5) is 0 Å². The van der Waals surface area contributed by atoms with Crippen LogP contribution >= 0.6 is 0 Å². The second-order valence-corrected chi connectivity index (χ2v) is 9.66. The average Bonchev–Trinajstić information content (AvgIpc) is 3.54. The van der Waals surface area contributed by atoms with Gasteiger partial charge in [-0.3, -0.25) is 4.79 Å². The van der Waals surface area contributed by atoms with Crippen molar-refractivity contribution in [2.75, 3.05) is 19.6 Å². The molecule has 1 aromatic carbocycles. The van der Waals surface area contributed by atoms with Gasteiger partial charge >= 0.3 is 0 Å². The van der Waals surface area contributed by atoms with E-state index in [9.17, 15) is 4.79 Å². The minimum Gasteiger partial charge on any atom is -0.338 e. The van der Waals surface area contributed by atoms with Gasteiger partial charge in [-0.15, -0.1) is 0 Å². The smallest absolute Gasteiger partial charge is 0.210 e. The quantitative estimate of drug-likeness (QED) is 0.305. The minimum absolute atomic E-state index is 0.104. The fourth-order valence-electron chi connectivity index (χ4n) is 5.67. The van der Waals surface area contributed by atoms with E-state index in [2.05, 4.69) is 66.5 Å². The van der Waals surface area contributed by atoms with Crippen molar-refractivity contribution in [3.8, 4) is 17.5 Å². The van der Waals surface area contributed by atoms with Gasteiger partial charge in [0, 0.05) is 35.8 Å². The maximum Gasteiger partial charge on any atom is 0.210 e. The molecule has 3 heterocycles. The third-order valence-electron chi connectivity index (χ3n) is 7.49. The summed E-state index contributed by atoms with van der Waals surface area (Å²) in [5, 5.41) is 5.10. The van der Waals surface area contributed by atoms with E-state index in [1.54, 1.807) is 0 Å². The highest BCUT2D eigenvalue weighted by Gasteiger charge is 2.36. The number of hydrogen-bond acceptors (Lipinski definition) is 3. The minimum atomic E-state index is 0.104. The molecule has 5 nitrogen and oxygen atoms in total. The van der Waals surface area contributed by atoms with Crippen molar-refractivity contribution in [1.82, 2.24) is 19.6 Å². The number of likely N-dealkylation sites (tertiary alicyclic amines) is 2. The molecule has 182 valence electrons. The molecule has 0 spiro atoms. The number of carbonyl (C=O) groups excluding carboxylic acids is 1. The number of hydrogen-bond donors (Lipinski definition) is 0. The maximum absolute atomic E-state index is 12.1. The number of unbranched alkanes of at least 4 members (excludes halogenated alkanes) is 2. The summed E-state index contributed by atoms with van der Waals surface area (Å²) in [6, 6.07) is 9.09. The molecule has 1 amide bonds. The van der Waals surface area contributed by atoms with Crippen LogP contribution in [-0.4, -0.2) is 51.7 Å². The maximum atomic E-state index is 12.1. The summed E-state index contributed by atoms with van der Waals surface area (Å²) in [7, 11) is 0. The summed E-state index contributed by atoms with van der Waals surface area (Å²) in [6.45, 7) is 9.81. The Balaban J connectivity index is 1.69. The second-order valence-electron chi connectivity index (χ2n) is 9.66. The average molecular weight is 461 g/mol. The van der Waals surface area contributed by atoms with Crippen molar-refractivity contribution in [2.24, 2.45) is 0 Å².